The summed E-state index contributed by atoms with van der Waals surface area (Å²) in [6, 6.07) is 0. The predicted molar refractivity (Wildman–Crippen MR) is 118 cm³/mol. The summed E-state index contributed by atoms with van der Waals surface area (Å²) in [6.45, 7) is 10.7. The molecular weight excluding hydrogens is 372 g/mol. The van der Waals surface area contributed by atoms with Gasteiger partial charge < -0.3 is 14.6 Å². The van der Waals surface area contributed by atoms with Crippen molar-refractivity contribution in [3.05, 3.63) is 23.5 Å². The van der Waals surface area contributed by atoms with Gasteiger partial charge >= 0.3 is 0 Å². The molecule has 0 aromatic rings. The summed E-state index contributed by atoms with van der Waals surface area (Å²) < 4.78 is 13.3. The molecule has 4 fully saturated rings. The Balaban J connectivity index is 1.30. The molecule has 2 heterocycles. The zero-order chi connectivity index (χ0) is 20.9. The summed E-state index contributed by atoms with van der Waals surface area (Å²) in [5.74, 6) is 4.39. The van der Waals surface area contributed by atoms with Crippen molar-refractivity contribution in [3.8, 4) is 0 Å². The summed E-state index contributed by atoms with van der Waals surface area (Å²) in [7, 11) is 0. The van der Waals surface area contributed by atoms with Gasteiger partial charge in [0.25, 0.3) is 0 Å². The molecule has 1 spiro atoms. The average Bonchev–Trinajstić information content (AvgIpc) is 3.16. The van der Waals surface area contributed by atoms with Crippen molar-refractivity contribution in [3.63, 3.8) is 0 Å². The summed E-state index contributed by atoms with van der Waals surface area (Å²) in [4.78, 5) is 0. The van der Waals surface area contributed by atoms with Gasteiger partial charge in [0, 0.05) is 18.8 Å². The van der Waals surface area contributed by atoms with Crippen LogP contribution in [0.3, 0.4) is 0 Å². The highest BCUT2D eigenvalue weighted by atomic mass is 16.7. The van der Waals surface area contributed by atoms with Crippen LogP contribution in [0, 0.1) is 46.3 Å². The van der Waals surface area contributed by atoms with Gasteiger partial charge in [-0.15, -0.1) is 0 Å². The van der Waals surface area contributed by atoms with Crippen LogP contribution >= 0.6 is 0 Å². The van der Waals surface area contributed by atoms with E-state index in [0.29, 0.717) is 35.0 Å². The van der Waals surface area contributed by atoms with Crippen LogP contribution < -0.4 is 0 Å². The van der Waals surface area contributed by atoms with E-state index in [1.165, 1.54) is 37.7 Å². The molecule has 6 aliphatic rings. The predicted octanol–water partition coefficient (Wildman–Crippen LogP) is 6.40. The van der Waals surface area contributed by atoms with Gasteiger partial charge in [-0.1, -0.05) is 33.8 Å². The van der Waals surface area contributed by atoms with Gasteiger partial charge in [0.15, 0.2) is 5.79 Å². The van der Waals surface area contributed by atoms with Crippen LogP contribution in [0.4, 0.5) is 0 Å². The minimum absolute atomic E-state index is 0.254. The van der Waals surface area contributed by atoms with Crippen molar-refractivity contribution in [2.24, 2.45) is 46.3 Å². The number of rotatable bonds is 0. The molecule has 1 N–H and O–H groups in total. The van der Waals surface area contributed by atoms with Crippen LogP contribution in [0.2, 0.25) is 0 Å². The van der Waals surface area contributed by atoms with Crippen molar-refractivity contribution in [2.45, 2.75) is 91.0 Å². The molecule has 0 bridgehead atoms. The largest absolute Gasteiger partial charge is 0.512 e. The minimum Gasteiger partial charge on any atom is -0.512 e. The fraction of sp³-hybridized carbons (Fsp3) is 0.852. The summed E-state index contributed by atoms with van der Waals surface area (Å²) in [6.07, 6.45) is 14.3. The van der Waals surface area contributed by atoms with E-state index in [2.05, 4.69) is 39.8 Å². The lowest BCUT2D eigenvalue weighted by atomic mass is 9.47. The molecule has 10 atom stereocenters. The van der Waals surface area contributed by atoms with Gasteiger partial charge in [-0.2, -0.15) is 0 Å². The standard InChI is InChI=1S/C27H40O3/c1-16-7-12-27(29-15-16)17(2)24-23(30-27)14-22-20-6-5-18-13-19(28)8-10-25(18,3)21(20)9-11-26(22,24)4/h5,13,16-17,20-24,28H,6-12,14-15H2,1-4H3/t16-,17-,20+,21-,22+,23-,24-,25-,26-,27+/m0/s1. The topological polar surface area (TPSA) is 38.7 Å². The lowest BCUT2D eigenvalue weighted by Crippen LogP contribution is -2.51. The fourth-order valence-electron chi connectivity index (χ4n) is 9.33. The van der Waals surface area contributed by atoms with Crippen LogP contribution in [-0.2, 0) is 9.47 Å². The van der Waals surface area contributed by atoms with Gasteiger partial charge in [0.05, 0.1) is 18.5 Å². The third-order valence-electron chi connectivity index (χ3n) is 11.0. The number of fused-ring (bicyclic) bond motifs is 7. The number of ether oxygens (including phenoxy) is 2. The summed E-state index contributed by atoms with van der Waals surface area (Å²) in [5.41, 5.74) is 2.06. The second kappa shape index (κ2) is 6.38. The van der Waals surface area contributed by atoms with Crippen molar-refractivity contribution < 1.29 is 14.6 Å². The van der Waals surface area contributed by atoms with E-state index in [0.717, 1.165) is 43.6 Å². The number of aliphatic hydroxyl groups excluding tert-OH is 1. The van der Waals surface area contributed by atoms with Gasteiger partial charge in [-0.3, -0.25) is 0 Å². The fourth-order valence-corrected chi connectivity index (χ4v) is 9.33. The molecule has 0 unspecified atom stereocenters. The van der Waals surface area contributed by atoms with Gasteiger partial charge in [-0.05, 0) is 90.6 Å². The molecule has 2 saturated carbocycles. The van der Waals surface area contributed by atoms with Crippen molar-refractivity contribution >= 4 is 0 Å². The van der Waals surface area contributed by atoms with Crippen molar-refractivity contribution in [1.82, 2.24) is 0 Å². The molecule has 3 nitrogen and oxygen atoms in total. The van der Waals surface area contributed by atoms with Crippen LogP contribution in [0.5, 0.6) is 0 Å². The first-order valence-corrected chi connectivity index (χ1v) is 12.7. The Morgan fingerprint density at radius 2 is 1.90 bits per heavy atom. The molecule has 0 aromatic heterocycles. The third-order valence-corrected chi connectivity index (χ3v) is 11.0. The zero-order valence-corrected chi connectivity index (χ0v) is 19.3. The van der Waals surface area contributed by atoms with Gasteiger partial charge in [0.2, 0.25) is 0 Å². The first-order chi connectivity index (χ1) is 14.3. The molecule has 2 saturated heterocycles. The van der Waals surface area contributed by atoms with E-state index in [4.69, 9.17) is 9.47 Å². The maximum absolute atomic E-state index is 10.1. The first-order valence-electron chi connectivity index (χ1n) is 12.7. The highest BCUT2D eigenvalue weighted by molar-refractivity contribution is 5.35. The van der Waals surface area contributed by atoms with E-state index in [-0.39, 0.29) is 11.2 Å². The van der Waals surface area contributed by atoms with Gasteiger partial charge in [0.1, 0.15) is 0 Å². The molecule has 30 heavy (non-hydrogen) atoms. The Bertz CT molecular complexity index is 790. The Morgan fingerprint density at radius 3 is 2.67 bits per heavy atom. The Labute approximate surface area is 182 Å². The quantitative estimate of drug-likeness (QED) is 0.500. The van der Waals surface area contributed by atoms with E-state index in [1.54, 1.807) is 0 Å². The second-order valence-corrected chi connectivity index (χ2v) is 12.3. The third kappa shape index (κ3) is 2.46. The maximum atomic E-state index is 10.1. The Hall–Kier alpha value is -0.800. The molecule has 0 amide bonds. The van der Waals surface area contributed by atoms with Crippen molar-refractivity contribution in [2.75, 3.05) is 6.61 Å². The number of aliphatic hydroxyl groups is 1. The van der Waals surface area contributed by atoms with Crippen LogP contribution in [0.15, 0.2) is 23.5 Å². The second-order valence-electron chi connectivity index (χ2n) is 12.3. The number of allylic oxidation sites excluding steroid dienone is 4. The minimum atomic E-state index is -0.302. The number of hydrogen-bond acceptors (Lipinski definition) is 3. The van der Waals surface area contributed by atoms with Crippen LogP contribution in [-0.4, -0.2) is 23.6 Å². The van der Waals surface area contributed by atoms with E-state index >= 15 is 0 Å². The molecule has 0 radical (unpaired) electrons. The summed E-state index contributed by atoms with van der Waals surface area (Å²) in [5, 5.41) is 10.1. The molecule has 6 rings (SSSR count). The lowest BCUT2D eigenvalue weighted by molar-refractivity contribution is -0.272. The molecular formula is C27H40O3. The normalized spacial score (nSPS) is 57.1. The highest BCUT2D eigenvalue weighted by Gasteiger charge is 2.68. The maximum Gasteiger partial charge on any atom is 0.171 e. The SMILES string of the molecule is C[C@H]1CC[C@@]2(OC1)O[C@H]1C[C@@H]3[C@@H]4CC=C5C=C(O)CC[C@]5(C)[C@H]4CC[C@]3(C)[C@H]1[C@@H]2C. The Morgan fingerprint density at radius 1 is 1.07 bits per heavy atom. The van der Waals surface area contributed by atoms with E-state index in [9.17, 15) is 5.11 Å². The monoisotopic (exact) mass is 412 g/mol. The first kappa shape index (κ1) is 19.9. The molecule has 3 heteroatoms. The van der Waals surface area contributed by atoms with Gasteiger partial charge in [-0.25, -0.2) is 0 Å². The summed E-state index contributed by atoms with van der Waals surface area (Å²) >= 11 is 0. The smallest absolute Gasteiger partial charge is 0.171 e. The lowest BCUT2D eigenvalue weighted by Gasteiger charge is -2.57. The van der Waals surface area contributed by atoms with Crippen molar-refractivity contribution in [1.29, 1.82) is 0 Å². The molecule has 2 aliphatic heterocycles. The molecule has 4 aliphatic carbocycles. The Kier molecular flexibility index (Phi) is 4.22. The highest BCUT2D eigenvalue weighted by Crippen LogP contribution is 2.70. The van der Waals surface area contributed by atoms with Crippen LogP contribution in [0.25, 0.3) is 0 Å². The number of hydrogen-bond donors (Lipinski definition) is 1. The zero-order valence-electron chi connectivity index (χ0n) is 19.3. The van der Waals surface area contributed by atoms with E-state index < -0.39 is 0 Å². The molecule has 0 aromatic carbocycles. The van der Waals surface area contributed by atoms with Crippen LogP contribution in [0.1, 0.15) is 79.1 Å². The van der Waals surface area contributed by atoms with E-state index in [1.807, 2.05) is 0 Å². The molecule has 166 valence electrons. The average molecular weight is 413 g/mol.